The minimum atomic E-state index is -4.46. The highest BCUT2D eigenvalue weighted by molar-refractivity contribution is 9.10. The second-order valence-electron chi connectivity index (χ2n) is 3.37. The molecule has 16 heavy (non-hydrogen) atoms. The first kappa shape index (κ1) is 13.3. The lowest BCUT2D eigenvalue weighted by Crippen LogP contribution is -2.12. The number of methoxy groups -OCH3 is 1. The lowest BCUT2D eigenvalue weighted by molar-refractivity contribution is -0.138. The molecule has 1 aromatic rings. The summed E-state index contributed by atoms with van der Waals surface area (Å²) in [4.78, 5) is 0. The predicted octanol–water partition coefficient (Wildman–Crippen LogP) is 3.50. The van der Waals surface area contributed by atoms with Crippen LogP contribution >= 0.6 is 15.9 Å². The van der Waals surface area contributed by atoms with E-state index < -0.39 is 17.8 Å². The summed E-state index contributed by atoms with van der Waals surface area (Å²) in [5, 5.41) is 0. The molecule has 6 heteroatoms. The molecule has 1 aromatic carbocycles. The number of hydrogen-bond donors (Lipinski definition) is 1. The molecule has 0 amide bonds. The molecule has 0 saturated carbocycles. The highest BCUT2D eigenvalue weighted by Crippen LogP contribution is 2.41. The molecular weight excluding hydrogens is 287 g/mol. The van der Waals surface area contributed by atoms with Gasteiger partial charge in [0.05, 0.1) is 17.1 Å². The first-order chi connectivity index (χ1) is 7.27. The van der Waals surface area contributed by atoms with Crippen LogP contribution in [0.3, 0.4) is 0 Å². The SMILES string of the molecule is COc1c(Br)cc(C(C)N)cc1C(F)(F)F. The fraction of sp³-hybridized carbons (Fsp3) is 0.400. The van der Waals surface area contributed by atoms with Gasteiger partial charge in [0.2, 0.25) is 0 Å². The van der Waals surface area contributed by atoms with Gasteiger partial charge in [-0.1, -0.05) is 0 Å². The lowest BCUT2D eigenvalue weighted by Gasteiger charge is -2.16. The van der Waals surface area contributed by atoms with Crippen molar-refractivity contribution in [3.63, 3.8) is 0 Å². The Balaban J connectivity index is 3.43. The molecule has 0 spiro atoms. The second kappa shape index (κ2) is 4.63. The van der Waals surface area contributed by atoms with Crippen LogP contribution in [0.2, 0.25) is 0 Å². The van der Waals surface area contributed by atoms with E-state index in [-0.39, 0.29) is 10.2 Å². The van der Waals surface area contributed by atoms with Gasteiger partial charge in [-0.25, -0.2) is 0 Å². The van der Waals surface area contributed by atoms with E-state index in [1.54, 1.807) is 6.92 Å². The predicted molar refractivity (Wildman–Crippen MR) is 58.3 cm³/mol. The van der Waals surface area contributed by atoms with Gasteiger partial charge in [0.25, 0.3) is 0 Å². The largest absolute Gasteiger partial charge is 0.495 e. The van der Waals surface area contributed by atoms with E-state index in [9.17, 15) is 13.2 Å². The molecule has 0 heterocycles. The van der Waals surface area contributed by atoms with E-state index in [1.807, 2.05) is 0 Å². The highest BCUT2D eigenvalue weighted by Gasteiger charge is 2.35. The van der Waals surface area contributed by atoms with Crippen LogP contribution in [0.15, 0.2) is 16.6 Å². The van der Waals surface area contributed by atoms with Gasteiger partial charge in [-0.05, 0) is 40.5 Å². The van der Waals surface area contributed by atoms with Crippen LogP contribution in [0.1, 0.15) is 24.1 Å². The summed E-state index contributed by atoms with van der Waals surface area (Å²) >= 11 is 3.04. The summed E-state index contributed by atoms with van der Waals surface area (Å²) in [6, 6.07) is 2.07. The molecule has 0 saturated heterocycles. The quantitative estimate of drug-likeness (QED) is 0.907. The lowest BCUT2D eigenvalue weighted by atomic mass is 10.0. The third-order valence-corrected chi connectivity index (χ3v) is 2.69. The number of rotatable bonds is 2. The van der Waals surface area contributed by atoms with Gasteiger partial charge in [0, 0.05) is 6.04 Å². The van der Waals surface area contributed by atoms with Crippen molar-refractivity contribution in [1.82, 2.24) is 0 Å². The van der Waals surface area contributed by atoms with Gasteiger partial charge in [-0.15, -0.1) is 0 Å². The van der Waals surface area contributed by atoms with E-state index in [2.05, 4.69) is 15.9 Å². The normalized spacial score (nSPS) is 13.7. The van der Waals surface area contributed by atoms with Gasteiger partial charge in [-0.2, -0.15) is 13.2 Å². The van der Waals surface area contributed by atoms with Gasteiger partial charge >= 0.3 is 6.18 Å². The minimum absolute atomic E-state index is 0.225. The smallest absolute Gasteiger partial charge is 0.420 e. The van der Waals surface area contributed by atoms with Crippen molar-refractivity contribution in [2.45, 2.75) is 19.1 Å². The van der Waals surface area contributed by atoms with E-state index in [0.717, 1.165) is 6.07 Å². The summed E-state index contributed by atoms with van der Waals surface area (Å²) in [5.74, 6) is -0.225. The molecule has 0 aliphatic rings. The molecule has 0 aliphatic heterocycles. The summed E-state index contributed by atoms with van der Waals surface area (Å²) in [7, 11) is 1.20. The maximum atomic E-state index is 12.7. The van der Waals surface area contributed by atoms with E-state index in [1.165, 1.54) is 13.2 Å². The number of hydrogen-bond acceptors (Lipinski definition) is 2. The molecule has 90 valence electrons. The summed E-state index contributed by atoms with van der Waals surface area (Å²) in [5.41, 5.74) is 5.14. The first-order valence-electron chi connectivity index (χ1n) is 4.47. The molecule has 1 rings (SSSR count). The van der Waals surface area contributed by atoms with Crippen molar-refractivity contribution < 1.29 is 17.9 Å². The Labute approximate surface area is 99.7 Å². The molecule has 0 radical (unpaired) electrons. The van der Waals surface area contributed by atoms with Crippen LogP contribution in [0.5, 0.6) is 5.75 Å². The third-order valence-electron chi connectivity index (χ3n) is 2.10. The Bertz CT molecular complexity index is 390. The summed E-state index contributed by atoms with van der Waals surface area (Å²) in [6.45, 7) is 1.62. The van der Waals surface area contributed by atoms with Crippen LogP contribution in [-0.2, 0) is 6.18 Å². The van der Waals surface area contributed by atoms with Crippen molar-refractivity contribution in [2.75, 3.05) is 7.11 Å². The Morgan fingerprint density at radius 2 is 1.94 bits per heavy atom. The Morgan fingerprint density at radius 1 is 1.38 bits per heavy atom. The number of nitrogens with two attached hydrogens (primary N) is 1. The Morgan fingerprint density at radius 3 is 2.31 bits per heavy atom. The fourth-order valence-electron chi connectivity index (χ4n) is 1.30. The standard InChI is InChI=1S/C10H11BrF3NO/c1-5(15)6-3-7(10(12,13)14)9(16-2)8(11)4-6/h3-5H,15H2,1-2H3. The average Bonchev–Trinajstić information content (AvgIpc) is 2.14. The minimum Gasteiger partial charge on any atom is -0.495 e. The Hall–Kier alpha value is -0.750. The molecule has 0 aliphatic carbocycles. The highest BCUT2D eigenvalue weighted by atomic mass is 79.9. The molecule has 0 bridgehead atoms. The zero-order valence-electron chi connectivity index (χ0n) is 8.73. The van der Waals surface area contributed by atoms with Crippen molar-refractivity contribution in [3.8, 4) is 5.75 Å². The maximum Gasteiger partial charge on any atom is 0.420 e. The topological polar surface area (TPSA) is 35.2 Å². The van der Waals surface area contributed by atoms with Crippen molar-refractivity contribution in [3.05, 3.63) is 27.7 Å². The van der Waals surface area contributed by atoms with Crippen LogP contribution in [-0.4, -0.2) is 7.11 Å². The molecule has 1 unspecified atom stereocenters. The van der Waals surface area contributed by atoms with Crippen LogP contribution in [0.4, 0.5) is 13.2 Å². The number of halogens is 4. The molecule has 1 atom stereocenters. The van der Waals surface area contributed by atoms with Crippen molar-refractivity contribution >= 4 is 15.9 Å². The zero-order valence-corrected chi connectivity index (χ0v) is 10.3. The van der Waals surface area contributed by atoms with Crippen molar-refractivity contribution in [1.29, 1.82) is 0 Å². The molecular formula is C10H11BrF3NO. The number of alkyl halides is 3. The number of benzene rings is 1. The fourth-order valence-corrected chi connectivity index (χ4v) is 1.94. The van der Waals surface area contributed by atoms with Gasteiger partial charge < -0.3 is 10.5 Å². The molecule has 2 nitrogen and oxygen atoms in total. The number of ether oxygens (including phenoxy) is 1. The average molecular weight is 298 g/mol. The van der Waals surface area contributed by atoms with E-state index in [0.29, 0.717) is 5.56 Å². The van der Waals surface area contributed by atoms with Crippen LogP contribution in [0.25, 0.3) is 0 Å². The van der Waals surface area contributed by atoms with Crippen molar-refractivity contribution in [2.24, 2.45) is 5.73 Å². The van der Waals surface area contributed by atoms with Crippen LogP contribution < -0.4 is 10.5 Å². The van der Waals surface area contributed by atoms with Gasteiger partial charge in [-0.3, -0.25) is 0 Å². The van der Waals surface area contributed by atoms with Gasteiger partial charge in [0.1, 0.15) is 5.75 Å². The third kappa shape index (κ3) is 2.68. The molecule has 0 aromatic heterocycles. The zero-order chi connectivity index (χ0) is 12.5. The molecule has 0 fully saturated rings. The Kier molecular flexibility index (Phi) is 3.85. The molecule has 2 N–H and O–H groups in total. The summed E-state index contributed by atoms with van der Waals surface area (Å²) < 4.78 is 43.1. The van der Waals surface area contributed by atoms with E-state index >= 15 is 0 Å². The van der Waals surface area contributed by atoms with Crippen LogP contribution in [0, 0.1) is 0 Å². The summed E-state index contributed by atoms with van der Waals surface area (Å²) in [6.07, 6.45) is -4.46. The van der Waals surface area contributed by atoms with Gasteiger partial charge in [0.15, 0.2) is 0 Å². The maximum absolute atomic E-state index is 12.7. The second-order valence-corrected chi connectivity index (χ2v) is 4.22. The first-order valence-corrected chi connectivity index (χ1v) is 5.27. The monoisotopic (exact) mass is 297 g/mol. The van der Waals surface area contributed by atoms with E-state index in [4.69, 9.17) is 10.5 Å².